The molecule has 26 heavy (non-hydrogen) atoms. The molecule has 0 aliphatic carbocycles. The third kappa shape index (κ3) is 4.20. The van der Waals surface area contributed by atoms with Crippen LogP contribution in [0.2, 0.25) is 5.02 Å². The molecule has 0 bridgehead atoms. The molecule has 136 valence electrons. The summed E-state index contributed by atoms with van der Waals surface area (Å²) in [6.45, 7) is 5.38. The molecule has 1 aliphatic rings. The molecule has 0 unspecified atom stereocenters. The maximum Gasteiger partial charge on any atom is 0.180 e. The smallest absolute Gasteiger partial charge is 0.180 e. The van der Waals surface area contributed by atoms with Crippen molar-refractivity contribution in [2.75, 3.05) is 43.4 Å². The van der Waals surface area contributed by atoms with Gasteiger partial charge in [0.1, 0.15) is 0 Å². The summed E-state index contributed by atoms with van der Waals surface area (Å²) in [4.78, 5) is 11.9. The van der Waals surface area contributed by atoms with Gasteiger partial charge in [0.2, 0.25) is 0 Å². The van der Waals surface area contributed by atoms with Gasteiger partial charge in [0.25, 0.3) is 0 Å². The predicted molar refractivity (Wildman–Crippen MR) is 114 cm³/mol. The van der Waals surface area contributed by atoms with Gasteiger partial charge in [-0.2, -0.15) is 0 Å². The molecule has 4 rings (SSSR count). The number of nitrogen functional groups attached to an aromatic ring is 1. The first-order valence-corrected chi connectivity index (χ1v) is 10.8. The van der Waals surface area contributed by atoms with Gasteiger partial charge in [-0.15, -0.1) is 22.7 Å². The van der Waals surface area contributed by atoms with Gasteiger partial charge in [-0.25, -0.2) is 4.98 Å². The van der Waals surface area contributed by atoms with E-state index in [4.69, 9.17) is 17.3 Å². The summed E-state index contributed by atoms with van der Waals surface area (Å²) < 4.78 is 0. The normalized spacial score (nSPS) is 15.5. The number of nitrogens with two attached hydrogens (primary N) is 1. The fourth-order valence-corrected chi connectivity index (χ4v) is 5.00. The number of hydrogen-bond acceptors (Lipinski definition) is 6. The van der Waals surface area contributed by atoms with Crippen LogP contribution in [0.25, 0.3) is 10.6 Å². The van der Waals surface area contributed by atoms with Crippen molar-refractivity contribution in [2.45, 2.75) is 6.42 Å². The lowest BCUT2D eigenvalue weighted by atomic mass is 10.2. The lowest BCUT2D eigenvalue weighted by molar-refractivity contribution is 0.261. The van der Waals surface area contributed by atoms with E-state index in [1.807, 2.05) is 28.8 Å². The SMILES string of the molecule is Nc1nc(-c2ccc(CCN3CCN(c4cccc(Cl)c4)CC3)s2)cs1. The first kappa shape index (κ1) is 17.8. The van der Waals surface area contributed by atoms with Crippen LogP contribution in [0, 0.1) is 0 Å². The average molecular weight is 405 g/mol. The molecule has 1 aliphatic heterocycles. The minimum absolute atomic E-state index is 0.632. The van der Waals surface area contributed by atoms with Gasteiger partial charge < -0.3 is 10.6 Å². The number of nitrogens with zero attached hydrogens (tertiary/aromatic N) is 3. The van der Waals surface area contributed by atoms with Crippen LogP contribution in [0.3, 0.4) is 0 Å². The molecule has 0 spiro atoms. The monoisotopic (exact) mass is 404 g/mol. The van der Waals surface area contributed by atoms with Crippen LogP contribution in [0.5, 0.6) is 0 Å². The maximum absolute atomic E-state index is 6.11. The van der Waals surface area contributed by atoms with Gasteiger partial charge in [-0.3, -0.25) is 4.90 Å². The number of anilines is 2. The quantitative estimate of drug-likeness (QED) is 0.681. The van der Waals surface area contributed by atoms with Crippen molar-refractivity contribution in [2.24, 2.45) is 0 Å². The van der Waals surface area contributed by atoms with E-state index in [0.29, 0.717) is 5.13 Å². The van der Waals surface area contributed by atoms with Crippen LogP contribution < -0.4 is 10.6 Å². The van der Waals surface area contributed by atoms with Crippen LogP contribution in [0.15, 0.2) is 41.8 Å². The lowest BCUT2D eigenvalue weighted by Crippen LogP contribution is -2.46. The molecule has 1 fully saturated rings. The van der Waals surface area contributed by atoms with Gasteiger partial charge in [-0.05, 0) is 36.8 Å². The maximum atomic E-state index is 6.11. The molecule has 3 heterocycles. The van der Waals surface area contributed by atoms with Crippen molar-refractivity contribution in [1.82, 2.24) is 9.88 Å². The highest BCUT2D eigenvalue weighted by atomic mass is 35.5. The van der Waals surface area contributed by atoms with Gasteiger partial charge in [-0.1, -0.05) is 17.7 Å². The van der Waals surface area contributed by atoms with Crippen LogP contribution >= 0.6 is 34.3 Å². The zero-order valence-corrected chi connectivity index (χ0v) is 16.8. The second-order valence-electron chi connectivity index (χ2n) is 6.40. The number of hydrogen-bond donors (Lipinski definition) is 1. The third-order valence-electron chi connectivity index (χ3n) is 4.66. The molecule has 4 nitrogen and oxygen atoms in total. The predicted octanol–water partition coefficient (Wildman–Crippen LogP) is 4.47. The van der Waals surface area contributed by atoms with E-state index in [2.05, 4.69) is 39.0 Å². The number of piperazine rings is 1. The molecule has 0 radical (unpaired) electrons. The van der Waals surface area contributed by atoms with E-state index in [1.165, 1.54) is 26.8 Å². The zero-order valence-electron chi connectivity index (χ0n) is 14.4. The zero-order chi connectivity index (χ0) is 17.9. The van der Waals surface area contributed by atoms with Crippen LogP contribution in [0.4, 0.5) is 10.8 Å². The van der Waals surface area contributed by atoms with Gasteiger partial charge in [0.15, 0.2) is 5.13 Å². The van der Waals surface area contributed by atoms with Crippen molar-refractivity contribution in [1.29, 1.82) is 0 Å². The Morgan fingerprint density at radius 1 is 1.12 bits per heavy atom. The Balaban J connectivity index is 1.28. The summed E-state index contributed by atoms with van der Waals surface area (Å²) >= 11 is 9.43. The number of halogens is 1. The molecule has 1 aromatic carbocycles. The molecular weight excluding hydrogens is 384 g/mol. The molecule has 0 amide bonds. The Morgan fingerprint density at radius 3 is 2.69 bits per heavy atom. The number of aromatic nitrogens is 1. The second kappa shape index (κ2) is 7.96. The minimum atomic E-state index is 0.632. The van der Waals surface area contributed by atoms with Crippen molar-refractivity contribution in [3.05, 3.63) is 51.7 Å². The van der Waals surface area contributed by atoms with E-state index in [-0.39, 0.29) is 0 Å². The molecule has 1 saturated heterocycles. The largest absolute Gasteiger partial charge is 0.375 e. The fraction of sp³-hybridized carbons (Fsp3) is 0.316. The van der Waals surface area contributed by atoms with E-state index < -0.39 is 0 Å². The highest BCUT2D eigenvalue weighted by Crippen LogP contribution is 2.30. The number of thiophene rings is 1. The molecule has 0 atom stereocenters. The highest BCUT2D eigenvalue weighted by molar-refractivity contribution is 7.16. The summed E-state index contributed by atoms with van der Waals surface area (Å²) in [6, 6.07) is 12.5. The lowest BCUT2D eigenvalue weighted by Gasteiger charge is -2.36. The summed E-state index contributed by atoms with van der Waals surface area (Å²) in [5, 5.41) is 3.47. The van der Waals surface area contributed by atoms with Gasteiger partial charge in [0, 0.05) is 53.7 Å². The summed E-state index contributed by atoms with van der Waals surface area (Å²) in [7, 11) is 0. The third-order valence-corrected chi connectivity index (χ3v) is 6.73. The Kier molecular flexibility index (Phi) is 5.45. The van der Waals surface area contributed by atoms with Crippen molar-refractivity contribution < 1.29 is 0 Å². The summed E-state index contributed by atoms with van der Waals surface area (Å²) in [6.07, 6.45) is 1.08. The van der Waals surface area contributed by atoms with E-state index >= 15 is 0 Å². The average Bonchev–Trinajstić information content (AvgIpc) is 3.29. The van der Waals surface area contributed by atoms with Crippen molar-refractivity contribution in [3.8, 4) is 10.6 Å². The second-order valence-corrected chi connectivity index (χ2v) is 8.89. The molecule has 3 aromatic rings. The van der Waals surface area contributed by atoms with E-state index in [0.717, 1.165) is 49.9 Å². The van der Waals surface area contributed by atoms with Gasteiger partial charge >= 0.3 is 0 Å². The first-order valence-electron chi connectivity index (χ1n) is 8.70. The summed E-state index contributed by atoms with van der Waals surface area (Å²) in [5.41, 5.74) is 7.96. The number of thiazole rings is 1. The van der Waals surface area contributed by atoms with Crippen molar-refractivity contribution in [3.63, 3.8) is 0 Å². The van der Waals surface area contributed by atoms with Crippen molar-refractivity contribution >= 4 is 45.1 Å². The molecule has 2 N–H and O–H groups in total. The van der Waals surface area contributed by atoms with E-state index in [1.54, 1.807) is 0 Å². The Labute approximate surface area is 166 Å². The number of rotatable bonds is 5. The molecular formula is C19H21ClN4S2. The standard InChI is InChI=1S/C19H21ClN4S2/c20-14-2-1-3-15(12-14)24-10-8-23(9-11-24)7-6-16-4-5-18(26-16)17-13-25-19(21)22-17/h1-5,12-13H,6-11H2,(H2,21,22). The topological polar surface area (TPSA) is 45.4 Å². The van der Waals surface area contributed by atoms with Crippen LogP contribution in [-0.4, -0.2) is 42.6 Å². The van der Waals surface area contributed by atoms with Gasteiger partial charge in [0.05, 0.1) is 10.6 Å². The fourth-order valence-electron chi connectivity index (χ4n) is 3.22. The Morgan fingerprint density at radius 2 is 1.96 bits per heavy atom. The molecule has 7 heteroatoms. The molecule has 0 saturated carbocycles. The Hall–Kier alpha value is -1.60. The van der Waals surface area contributed by atoms with Crippen LogP contribution in [0.1, 0.15) is 4.88 Å². The van der Waals surface area contributed by atoms with Crippen LogP contribution in [-0.2, 0) is 6.42 Å². The minimum Gasteiger partial charge on any atom is -0.375 e. The molecule has 2 aromatic heterocycles. The highest BCUT2D eigenvalue weighted by Gasteiger charge is 2.17. The first-order chi connectivity index (χ1) is 12.7. The van der Waals surface area contributed by atoms with E-state index in [9.17, 15) is 0 Å². The summed E-state index contributed by atoms with van der Waals surface area (Å²) in [5.74, 6) is 0. The Bertz CT molecular complexity index is 868. The number of benzene rings is 1.